The Bertz CT molecular complexity index is 800. The number of phenolic OH excluding ortho intramolecular Hbond substituents is 1. The van der Waals surface area contributed by atoms with E-state index < -0.39 is 25.8 Å². The molecule has 0 bridgehead atoms. The van der Waals surface area contributed by atoms with Gasteiger partial charge in [-0.3, -0.25) is 4.79 Å². The van der Waals surface area contributed by atoms with Crippen LogP contribution in [0.3, 0.4) is 0 Å². The van der Waals surface area contributed by atoms with Gasteiger partial charge in [0.2, 0.25) is 8.32 Å². The highest BCUT2D eigenvalue weighted by molar-refractivity contribution is 6.74. The lowest BCUT2D eigenvalue weighted by atomic mass is 10.1. The van der Waals surface area contributed by atoms with Crippen molar-refractivity contribution in [2.45, 2.75) is 45.4 Å². The van der Waals surface area contributed by atoms with Crippen LogP contribution in [0.25, 0.3) is 0 Å². The maximum absolute atomic E-state index is 13.4. The molecule has 1 amide bonds. The van der Waals surface area contributed by atoms with Gasteiger partial charge in [-0.1, -0.05) is 32.9 Å². The van der Waals surface area contributed by atoms with E-state index in [4.69, 9.17) is 4.43 Å². The average molecular weight is 376 g/mol. The Kier molecular flexibility index (Phi) is 5.76. The molecule has 0 aliphatic carbocycles. The first-order chi connectivity index (χ1) is 12.0. The monoisotopic (exact) mass is 375 g/mol. The summed E-state index contributed by atoms with van der Waals surface area (Å²) in [7, 11) is -1.93. The molecule has 0 heterocycles. The lowest BCUT2D eigenvalue weighted by Gasteiger charge is -2.36. The summed E-state index contributed by atoms with van der Waals surface area (Å²) in [5.41, 5.74) is 1.06. The minimum atomic E-state index is -1.93. The summed E-state index contributed by atoms with van der Waals surface area (Å²) in [5, 5.41) is 12.0. The molecule has 0 saturated carbocycles. The van der Waals surface area contributed by atoms with Crippen LogP contribution >= 0.6 is 0 Å². The normalized spacial score (nSPS) is 11.9. The molecule has 6 heteroatoms. The lowest BCUT2D eigenvalue weighted by Crippen LogP contribution is -2.43. The quantitative estimate of drug-likeness (QED) is 0.735. The molecule has 0 atom stereocenters. The van der Waals surface area contributed by atoms with Gasteiger partial charge in [0.25, 0.3) is 5.91 Å². The fourth-order valence-electron chi connectivity index (χ4n) is 2.10. The van der Waals surface area contributed by atoms with Crippen LogP contribution in [0.15, 0.2) is 42.5 Å². The molecule has 0 aliphatic rings. The van der Waals surface area contributed by atoms with Gasteiger partial charge in [0, 0.05) is 12.1 Å². The zero-order chi connectivity index (χ0) is 19.5. The molecule has 2 N–H and O–H groups in total. The minimum Gasteiger partial charge on any atom is -0.543 e. The summed E-state index contributed by atoms with van der Waals surface area (Å²) < 4.78 is 19.6. The number of amides is 1. The highest BCUT2D eigenvalue weighted by atomic mass is 28.4. The molecular weight excluding hydrogens is 349 g/mol. The Balaban J connectivity index is 2.04. The van der Waals surface area contributed by atoms with Gasteiger partial charge < -0.3 is 14.8 Å². The van der Waals surface area contributed by atoms with Gasteiger partial charge in [0.1, 0.15) is 5.75 Å². The van der Waals surface area contributed by atoms with Crippen molar-refractivity contribution in [3.05, 3.63) is 59.4 Å². The van der Waals surface area contributed by atoms with Gasteiger partial charge in [-0.2, -0.15) is 0 Å². The molecule has 2 rings (SSSR count). The second-order valence-corrected chi connectivity index (χ2v) is 12.6. The summed E-state index contributed by atoms with van der Waals surface area (Å²) in [6.45, 7) is 11.2. The lowest BCUT2D eigenvalue weighted by molar-refractivity contribution is 0.0950. The van der Waals surface area contributed by atoms with Crippen molar-refractivity contribution in [1.82, 2.24) is 5.32 Å². The summed E-state index contributed by atoms with van der Waals surface area (Å²) in [6.07, 6.45) is 0. The Labute approximate surface area is 155 Å². The van der Waals surface area contributed by atoms with Crippen LogP contribution in [-0.4, -0.2) is 19.3 Å². The van der Waals surface area contributed by atoms with E-state index in [9.17, 15) is 14.3 Å². The number of carbonyl (C=O) groups is 1. The van der Waals surface area contributed by atoms with E-state index >= 15 is 0 Å². The molecule has 0 aliphatic heterocycles. The fraction of sp³-hybridized carbons (Fsp3) is 0.350. The van der Waals surface area contributed by atoms with Crippen LogP contribution in [-0.2, 0) is 6.54 Å². The van der Waals surface area contributed by atoms with Crippen LogP contribution in [0.5, 0.6) is 11.5 Å². The molecule has 26 heavy (non-hydrogen) atoms. The van der Waals surface area contributed by atoms with E-state index in [1.165, 1.54) is 6.07 Å². The second-order valence-electron chi connectivity index (χ2n) is 7.86. The summed E-state index contributed by atoms with van der Waals surface area (Å²) >= 11 is 0. The van der Waals surface area contributed by atoms with Crippen LogP contribution < -0.4 is 9.74 Å². The van der Waals surface area contributed by atoms with Gasteiger partial charge in [0.15, 0.2) is 11.6 Å². The summed E-state index contributed by atoms with van der Waals surface area (Å²) in [5.74, 6) is -0.905. The van der Waals surface area contributed by atoms with E-state index in [-0.39, 0.29) is 10.6 Å². The number of hydrogen-bond donors (Lipinski definition) is 2. The summed E-state index contributed by atoms with van der Waals surface area (Å²) in [4.78, 5) is 12.1. The number of benzene rings is 2. The molecule has 2 aromatic carbocycles. The molecule has 0 fully saturated rings. The van der Waals surface area contributed by atoms with E-state index in [1.54, 1.807) is 0 Å². The van der Waals surface area contributed by atoms with Crippen LogP contribution in [0.4, 0.5) is 4.39 Å². The first kappa shape index (κ1) is 20.0. The highest BCUT2D eigenvalue weighted by Gasteiger charge is 2.38. The Morgan fingerprint density at radius 2 is 1.88 bits per heavy atom. The predicted molar refractivity (Wildman–Crippen MR) is 104 cm³/mol. The van der Waals surface area contributed by atoms with Crippen molar-refractivity contribution in [3.63, 3.8) is 0 Å². The van der Waals surface area contributed by atoms with E-state index in [1.807, 2.05) is 24.3 Å². The molecule has 0 spiro atoms. The van der Waals surface area contributed by atoms with Gasteiger partial charge in [-0.15, -0.1) is 0 Å². The van der Waals surface area contributed by atoms with E-state index in [0.717, 1.165) is 23.4 Å². The Morgan fingerprint density at radius 3 is 2.50 bits per heavy atom. The predicted octanol–water partition coefficient (Wildman–Crippen LogP) is 4.85. The van der Waals surface area contributed by atoms with Crippen LogP contribution in [0, 0.1) is 5.82 Å². The van der Waals surface area contributed by atoms with Gasteiger partial charge in [-0.25, -0.2) is 4.39 Å². The van der Waals surface area contributed by atoms with Gasteiger partial charge in [-0.05, 0) is 54.0 Å². The molecule has 2 aromatic rings. The number of phenols is 1. The Hall–Kier alpha value is -2.34. The van der Waals surface area contributed by atoms with Crippen molar-refractivity contribution < 1.29 is 18.7 Å². The smallest absolute Gasteiger partial charge is 0.251 e. The molecular formula is C20H26FNO3Si. The maximum Gasteiger partial charge on any atom is 0.251 e. The van der Waals surface area contributed by atoms with Crippen molar-refractivity contribution in [2.24, 2.45) is 0 Å². The molecule has 0 saturated heterocycles. The van der Waals surface area contributed by atoms with Gasteiger partial charge >= 0.3 is 0 Å². The van der Waals surface area contributed by atoms with Crippen LogP contribution in [0.1, 0.15) is 36.7 Å². The average Bonchev–Trinajstić information content (AvgIpc) is 2.54. The fourth-order valence-corrected chi connectivity index (χ4v) is 3.12. The van der Waals surface area contributed by atoms with E-state index in [0.29, 0.717) is 6.54 Å². The highest BCUT2D eigenvalue weighted by Crippen LogP contribution is 2.37. The van der Waals surface area contributed by atoms with Crippen LogP contribution in [0.2, 0.25) is 18.1 Å². The summed E-state index contributed by atoms with van der Waals surface area (Å²) in [6, 6.07) is 11.2. The largest absolute Gasteiger partial charge is 0.543 e. The van der Waals surface area contributed by atoms with Gasteiger partial charge in [0.05, 0.1) is 0 Å². The first-order valence-corrected chi connectivity index (χ1v) is 11.4. The zero-order valence-electron chi connectivity index (χ0n) is 15.9. The third kappa shape index (κ3) is 4.85. The van der Waals surface area contributed by atoms with E-state index in [2.05, 4.69) is 39.2 Å². The first-order valence-electron chi connectivity index (χ1n) is 8.54. The third-order valence-electron chi connectivity index (χ3n) is 4.74. The molecule has 0 radical (unpaired) electrons. The van der Waals surface area contributed by atoms with Crippen molar-refractivity contribution >= 4 is 14.2 Å². The number of nitrogens with one attached hydrogen (secondary N) is 1. The number of rotatable bonds is 5. The second kappa shape index (κ2) is 7.49. The molecule has 0 unspecified atom stereocenters. The van der Waals surface area contributed by atoms with Crippen molar-refractivity contribution in [1.29, 1.82) is 0 Å². The molecule has 0 aromatic heterocycles. The van der Waals surface area contributed by atoms with Crippen molar-refractivity contribution in [3.8, 4) is 11.5 Å². The number of aromatic hydroxyl groups is 1. The topological polar surface area (TPSA) is 58.6 Å². The zero-order valence-corrected chi connectivity index (χ0v) is 16.9. The third-order valence-corrected chi connectivity index (χ3v) is 9.10. The Morgan fingerprint density at radius 1 is 1.19 bits per heavy atom. The van der Waals surface area contributed by atoms with Crippen molar-refractivity contribution in [2.75, 3.05) is 0 Å². The standard InChI is InChI=1S/C20H26FNO3Si/c1-20(2,3)26(4,5)25-16-8-6-7-14(11-16)13-22-19(24)15-9-10-18(23)17(21)12-15/h6-12,23H,13H2,1-5H3,(H,22,24). The molecule has 140 valence electrons. The molecule has 4 nitrogen and oxygen atoms in total. The SMILES string of the molecule is CC(C)(C)[Si](C)(C)Oc1cccc(CNC(=O)c2ccc(O)c(F)c2)c1. The maximum atomic E-state index is 13.4. The number of carbonyl (C=O) groups excluding carboxylic acids is 1. The minimum absolute atomic E-state index is 0.0974. The number of halogens is 1. The number of hydrogen-bond acceptors (Lipinski definition) is 3.